The Bertz CT molecular complexity index is 1030. The van der Waals surface area contributed by atoms with Crippen LogP contribution in [0, 0.1) is 11.3 Å². The fourth-order valence-electron chi connectivity index (χ4n) is 3.11. The van der Waals surface area contributed by atoms with Crippen LogP contribution in [0.2, 0.25) is 0 Å². The molecule has 0 amide bonds. The highest BCUT2D eigenvalue weighted by molar-refractivity contribution is 9.09. The molecule has 2 aromatic rings. The summed E-state index contributed by atoms with van der Waals surface area (Å²) in [5.41, 5.74) is 4.95. The second kappa shape index (κ2) is 8.69. The van der Waals surface area contributed by atoms with Crippen molar-refractivity contribution in [3.63, 3.8) is 0 Å². The molecule has 0 saturated heterocycles. The maximum absolute atomic E-state index is 12.9. The maximum Gasteiger partial charge on any atom is 0.338 e. The molecule has 0 radical (unpaired) electrons. The Morgan fingerprint density at radius 1 is 1.23 bits per heavy atom. The summed E-state index contributed by atoms with van der Waals surface area (Å²) >= 11 is 3.54. The summed E-state index contributed by atoms with van der Waals surface area (Å²) in [5.74, 6) is -1.35. The van der Waals surface area contributed by atoms with Crippen LogP contribution in [0.3, 0.4) is 0 Å². The van der Waals surface area contributed by atoms with Gasteiger partial charge in [-0.3, -0.25) is 0 Å². The smallest absolute Gasteiger partial charge is 0.338 e. The van der Waals surface area contributed by atoms with Gasteiger partial charge in [-0.25, -0.2) is 9.59 Å². The van der Waals surface area contributed by atoms with Crippen LogP contribution >= 0.6 is 15.9 Å². The van der Waals surface area contributed by atoms with E-state index in [1.54, 1.807) is 30.3 Å². The quantitative estimate of drug-likeness (QED) is 0.390. The summed E-state index contributed by atoms with van der Waals surface area (Å²) in [5, 5.41) is 9.24. The van der Waals surface area contributed by atoms with Gasteiger partial charge in [0, 0.05) is 5.56 Å². The molecule has 1 heterocycles. The molecule has 0 aliphatic carbocycles. The number of hydrogen-bond acceptors (Lipinski definition) is 7. The van der Waals surface area contributed by atoms with E-state index in [9.17, 15) is 14.9 Å². The summed E-state index contributed by atoms with van der Waals surface area (Å²) in [6.45, 7) is 4.91. The molecule has 0 unspecified atom stereocenters. The molecule has 3 rings (SSSR count). The number of rotatable bonds is 5. The van der Waals surface area contributed by atoms with Gasteiger partial charge in [0.1, 0.15) is 24.1 Å². The Morgan fingerprint density at radius 2 is 1.90 bits per heavy atom. The molecule has 2 aromatic carbocycles. The monoisotopic (exact) mass is 486 g/mol. The summed E-state index contributed by atoms with van der Waals surface area (Å²) < 4.78 is 16.9. The molecule has 0 spiro atoms. The van der Waals surface area contributed by atoms with E-state index < -0.39 is 34.0 Å². The highest BCUT2D eigenvalue weighted by Crippen LogP contribution is 2.45. The van der Waals surface area contributed by atoms with Crippen molar-refractivity contribution < 1.29 is 23.8 Å². The second-order valence-electron chi connectivity index (χ2n) is 8.06. The van der Waals surface area contributed by atoms with Crippen LogP contribution in [-0.4, -0.2) is 27.9 Å². The topological polar surface area (TPSA) is 112 Å². The molecular formula is C23H23BrN2O5. The van der Waals surface area contributed by atoms with Crippen LogP contribution in [-0.2, 0) is 25.7 Å². The first kappa shape index (κ1) is 22.8. The van der Waals surface area contributed by atoms with Crippen molar-refractivity contribution in [1.29, 1.82) is 5.26 Å². The highest BCUT2D eigenvalue weighted by Gasteiger charge is 2.48. The molecule has 0 saturated carbocycles. The van der Waals surface area contributed by atoms with Gasteiger partial charge in [0.15, 0.2) is 0 Å². The van der Waals surface area contributed by atoms with Crippen LogP contribution in [0.1, 0.15) is 43.6 Å². The Kier molecular flexibility index (Phi) is 6.39. The minimum absolute atomic E-state index is 0.0144. The molecule has 31 heavy (non-hydrogen) atoms. The SMILES string of the molecule is CC1(C)Oc2ccc(C#N)cc2[C@H](OC(=O)[C@@](C)(N)C(=O)OCc2ccccc2)[C@H]1Br. The van der Waals surface area contributed by atoms with Gasteiger partial charge in [0.05, 0.1) is 16.5 Å². The fourth-order valence-corrected chi connectivity index (χ4v) is 3.60. The molecule has 7 nitrogen and oxygen atoms in total. The molecule has 2 N–H and O–H groups in total. The number of carbonyl (C=O) groups is 2. The third kappa shape index (κ3) is 4.73. The van der Waals surface area contributed by atoms with Gasteiger partial charge in [0.2, 0.25) is 5.54 Å². The minimum atomic E-state index is -2.02. The van der Waals surface area contributed by atoms with E-state index in [0.29, 0.717) is 16.9 Å². The number of alkyl halides is 1. The maximum atomic E-state index is 12.9. The van der Waals surface area contributed by atoms with Gasteiger partial charge in [-0.2, -0.15) is 5.26 Å². The van der Waals surface area contributed by atoms with E-state index >= 15 is 0 Å². The summed E-state index contributed by atoms with van der Waals surface area (Å²) in [4.78, 5) is 25.0. The zero-order chi connectivity index (χ0) is 22.8. The molecule has 0 fully saturated rings. The highest BCUT2D eigenvalue weighted by atomic mass is 79.9. The standard InChI is InChI=1S/C23H23BrN2O5/c1-22(2)19(24)18(16-11-15(12-25)9-10-17(16)31-22)30-21(28)23(3,26)20(27)29-13-14-7-5-4-6-8-14/h4-11,18-19H,13,26H2,1-3H3/t18-,19+,23-/m0/s1. The number of ether oxygens (including phenoxy) is 3. The van der Waals surface area contributed by atoms with Gasteiger partial charge < -0.3 is 19.9 Å². The van der Waals surface area contributed by atoms with Crippen LogP contribution in [0.5, 0.6) is 5.75 Å². The molecule has 1 aliphatic heterocycles. The molecule has 0 aromatic heterocycles. The number of fused-ring (bicyclic) bond motifs is 1. The third-order valence-electron chi connectivity index (χ3n) is 5.04. The van der Waals surface area contributed by atoms with Crippen LogP contribution < -0.4 is 10.5 Å². The number of nitrogens with zero attached hydrogens (tertiary/aromatic N) is 1. The zero-order valence-corrected chi connectivity index (χ0v) is 19.0. The van der Waals surface area contributed by atoms with Gasteiger partial charge in [-0.05, 0) is 44.5 Å². The Hall–Kier alpha value is -2.89. The van der Waals surface area contributed by atoms with Crippen LogP contribution in [0.25, 0.3) is 0 Å². The van der Waals surface area contributed by atoms with Crippen molar-refractivity contribution in [2.75, 3.05) is 0 Å². The lowest BCUT2D eigenvalue weighted by Crippen LogP contribution is -2.55. The lowest BCUT2D eigenvalue weighted by atomic mass is 9.90. The first-order valence-electron chi connectivity index (χ1n) is 9.64. The third-order valence-corrected chi connectivity index (χ3v) is 6.63. The number of halogens is 1. The Morgan fingerprint density at radius 3 is 2.55 bits per heavy atom. The van der Waals surface area contributed by atoms with Gasteiger partial charge in [0.25, 0.3) is 0 Å². The van der Waals surface area contributed by atoms with Crippen molar-refractivity contribution in [3.05, 3.63) is 65.2 Å². The number of nitriles is 1. The number of nitrogens with two attached hydrogens (primary N) is 1. The van der Waals surface area contributed by atoms with E-state index in [1.807, 2.05) is 32.0 Å². The van der Waals surface area contributed by atoms with Gasteiger partial charge in [-0.15, -0.1) is 0 Å². The molecule has 162 valence electrons. The van der Waals surface area contributed by atoms with E-state index in [1.165, 1.54) is 6.92 Å². The average Bonchev–Trinajstić information content (AvgIpc) is 2.75. The summed E-state index contributed by atoms with van der Waals surface area (Å²) in [6, 6.07) is 16.0. The van der Waals surface area contributed by atoms with Gasteiger partial charge in [-0.1, -0.05) is 46.3 Å². The van der Waals surface area contributed by atoms with E-state index in [-0.39, 0.29) is 6.61 Å². The fraction of sp³-hybridized carbons (Fsp3) is 0.348. The predicted octanol–water partition coefficient (Wildman–Crippen LogP) is 3.54. The van der Waals surface area contributed by atoms with Crippen LogP contribution in [0.15, 0.2) is 48.5 Å². The molecule has 0 bridgehead atoms. The van der Waals surface area contributed by atoms with E-state index in [0.717, 1.165) is 5.56 Å². The largest absolute Gasteiger partial charge is 0.486 e. The molecule has 8 heteroatoms. The summed E-state index contributed by atoms with van der Waals surface area (Å²) in [6.07, 6.45) is -0.829. The summed E-state index contributed by atoms with van der Waals surface area (Å²) in [7, 11) is 0. The normalized spacial score (nSPS) is 20.9. The first-order valence-corrected chi connectivity index (χ1v) is 10.6. The van der Waals surface area contributed by atoms with Gasteiger partial charge >= 0.3 is 11.9 Å². The molecule has 1 aliphatic rings. The average molecular weight is 487 g/mol. The number of carbonyl (C=O) groups excluding carboxylic acids is 2. The lowest BCUT2D eigenvalue weighted by Gasteiger charge is -2.42. The first-order chi connectivity index (χ1) is 14.6. The number of benzene rings is 2. The number of hydrogen-bond donors (Lipinski definition) is 1. The van der Waals surface area contributed by atoms with E-state index in [4.69, 9.17) is 19.9 Å². The Balaban J connectivity index is 1.80. The van der Waals surface area contributed by atoms with Crippen molar-refractivity contribution in [1.82, 2.24) is 0 Å². The zero-order valence-electron chi connectivity index (χ0n) is 17.4. The predicted molar refractivity (Wildman–Crippen MR) is 116 cm³/mol. The van der Waals surface area contributed by atoms with Crippen molar-refractivity contribution in [3.8, 4) is 11.8 Å². The van der Waals surface area contributed by atoms with Crippen molar-refractivity contribution >= 4 is 27.9 Å². The molecular weight excluding hydrogens is 464 g/mol. The van der Waals surface area contributed by atoms with E-state index in [2.05, 4.69) is 22.0 Å². The van der Waals surface area contributed by atoms with Crippen molar-refractivity contribution in [2.24, 2.45) is 5.73 Å². The number of esters is 2. The van der Waals surface area contributed by atoms with Crippen LogP contribution in [0.4, 0.5) is 0 Å². The minimum Gasteiger partial charge on any atom is -0.486 e. The second-order valence-corrected chi connectivity index (χ2v) is 9.05. The van der Waals surface area contributed by atoms with Crippen molar-refractivity contribution in [2.45, 2.75) is 49.4 Å². The lowest BCUT2D eigenvalue weighted by molar-refractivity contribution is -0.169. The Labute approximate surface area is 189 Å². The molecule has 3 atom stereocenters.